The zero-order valence-corrected chi connectivity index (χ0v) is 5.50. The molecule has 0 aliphatic carbocycles. The van der Waals surface area contributed by atoms with Gasteiger partial charge in [-0.05, 0) is 6.07 Å². The van der Waals surface area contributed by atoms with Crippen molar-refractivity contribution in [3.63, 3.8) is 0 Å². The molecule has 1 rings (SSSR count). The molecule has 0 atom stereocenters. The van der Waals surface area contributed by atoms with Crippen molar-refractivity contribution < 1.29 is 13.5 Å². The number of pyridine rings is 1. The molecule has 3 nitrogen and oxygen atoms in total. The summed E-state index contributed by atoms with van der Waals surface area (Å²) in [4.78, 5) is 3.49. The van der Waals surface area contributed by atoms with Gasteiger partial charge in [-0.1, -0.05) is 0 Å². The molecule has 0 aromatic carbocycles. The summed E-state index contributed by atoms with van der Waals surface area (Å²) >= 11 is 0. The van der Waals surface area contributed by atoms with Crippen LogP contribution in [-0.2, 0) is 0 Å². The molecular formula is C6H6F2N2O. The van der Waals surface area contributed by atoms with Crippen molar-refractivity contribution in [2.24, 2.45) is 0 Å². The summed E-state index contributed by atoms with van der Waals surface area (Å²) in [7, 11) is 0. The Balaban J connectivity index is 2.66. The lowest BCUT2D eigenvalue weighted by Gasteiger charge is -2.01. The lowest BCUT2D eigenvalue weighted by Crippen LogP contribution is -2.03. The van der Waals surface area contributed by atoms with Crippen LogP contribution >= 0.6 is 0 Å². The number of nitrogens with two attached hydrogens (primary N) is 1. The Morgan fingerprint density at radius 3 is 2.64 bits per heavy atom. The van der Waals surface area contributed by atoms with Gasteiger partial charge >= 0.3 is 6.61 Å². The van der Waals surface area contributed by atoms with Crippen LogP contribution in [0.5, 0.6) is 5.88 Å². The molecule has 1 heterocycles. The highest BCUT2D eigenvalue weighted by atomic mass is 19.3. The summed E-state index contributed by atoms with van der Waals surface area (Å²) in [5.41, 5.74) is 5.66. The van der Waals surface area contributed by atoms with Gasteiger partial charge in [0.1, 0.15) is 0 Å². The summed E-state index contributed by atoms with van der Waals surface area (Å²) < 4.78 is 27.0. The first-order valence-corrected chi connectivity index (χ1v) is 2.85. The second-order valence-corrected chi connectivity index (χ2v) is 1.81. The maximum absolute atomic E-state index is 11.5. The Bertz CT molecular complexity index is 225. The van der Waals surface area contributed by atoms with Crippen LogP contribution in [0.3, 0.4) is 0 Å². The van der Waals surface area contributed by atoms with Crippen molar-refractivity contribution in [2.75, 3.05) is 5.73 Å². The SMILES string of the molecule is Nc1ccc(OC(F)F)nc1. The molecule has 0 amide bonds. The van der Waals surface area contributed by atoms with Crippen LogP contribution in [0.4, 0.5) is 14.5 Å². The number of nitrogen functional groups attached to an aromatic ring is 1. The van der Waals surface area contributed by atoms with Gasteiger partial charge in [-0.3, -0.25) is 0 Å². The van der Waals surface area contributed by atoms with Crippen LogP contribution in [0, 0.1) is 0 Å². The minimum atomic E-state index is -2.84. The van der Waals surface area contributed by atoms with E-state index in [0.29, 0.717) is 5.69 Å². The van der Waals surface area contributed by atoms with E-state index >= 15 is 0 Å². The standard InChI is InChI=1S/C6H6F2N2O/c7-6(8)11-5-2-1-4(9)3-10-5/h1-3,6H,9H2. The number of anilines is 1. The molecule has 0 aliphatic rings. The molecule has 0 saturated heterocycles. The molecule has 0 aliphatic heterocycles. The highest BCUT2D eigenvalue weighted by Crippen LogP contribution is 2.10. The van der Waals surface area contributed by atoms with Gasteiger partial charge in [-0.2, -0.15) is 8.78 Å². The monoisotopic (exact) mass is 160 g/mol. The minimum absolute atomic E-state index is 0.130. The predicted molar refractivity (Wildman–Crippen MR) is 35.3 cm³/mol. The third-order valence-electron chi connectivity index (χ3n) is 0.969. The topological polar surface area (TPSA) is 48.1 Å². The van der Waals surface area contributed by atoms with E-state index in [2.05, 4.69) is 9.72 Å². The van der Waals surface area contributed by atoms with Gasteiger partial charge < -0.3 is 10.5 Å². The fraction of sp³-hybridized carbons (Fsp3) is 0.167. The van der Waals surface area contributed by atoms with Gasteiger partial charge in [0.15, 0.2) is 0 Å². The van der Waals surface area contributed by atoms with E-state index in [-0.39, 0.29) is 5.88 Å². The molecule has 0 radical (unpaired) electrons. The number of ether oxygens (including phenoxy) is 1. The smallest absolute Gasteiger partial charge is 0.388 e. The molecule has 0 unspecified atom stereocenters. The summed E-state index contributed by atoms with van der Waals surface area (Å²) in [6.07, 6.45) is 1.25. The van der Waals surface area contributed by atoms with Gasteiger partial charge in [-0.25, -0.2) is 4.98 Å². The molecule has 1 aromatic rings. The summed E-state index contributed by atoms with van der Waals surface area (Å²) in [5.74, 6) is -0.130. The van der Waals surface area contributed by atoms with Crippen LogP contribution in [0.15, 0.2) is 18.3 Å². The molecule has 5 heteroatoms. The number of aromatic nitrogens is 1. The third-order valence-corrected chi connectivity index (χ3v) is 0.969. The van der Waals surface area contributed by atoms with E-state index in [1.165, 1.54) is 18.3 Å². The molecule has 1 aromatic heterocycles. The number of hydrogen-bond acceptors (Lipinski definition) is 3. The largest absolute Gasteiger partial charge is 0.417 e. The molecule has 0 spiro atoms. The molecule has 0 bridgehead atoms. The summed E-state index contributed by atoms with van der Waals surface area (Å²) in [5, 5.41) is 0. The van der Waals surface area contributed by atoms with Crippen molar-refractivity contribution in [2.45, 2.75) is 6.61 Å². The van der Waals surface area contributed by atoms with Gasteiger partial charge in [-0.15, -0.1) is 0 Å². The van der Waals surface area contributed by atoms with E-state index in [1.807, 2.05) is 0 Å². The van der Waals surface area contributed by atoms with Crippen LogP contribution in [0.1, 0.15) is 0 Å². The number of hydrogen-bond donors (Lipinski definition) is 1. The number of nitrogens with zero attached hydrogens (tertiary/aromatic N) is 1. The Hall–Kier alpha value is -1.39. The first-order chi connectivity index (χ1) is 5.18. The van der Waals surface area contributed by atoms with Crippen LogP contribution < -0.4 is 10.5 Å². The molecule has 60 valence electrons. The Kier molecular flexibility index (Phi) is 2.20. The van der Waals surface area contributed by atoms with Crippen molar-refractivity contribution in [3.05, 3.63) is 18.3 Å². The number of alkyl halides is 2. The van der Waals surface area contributed by atoms with Crippen LogP contribution in [0.2, 0.25) is 0 Å². The van der Waals surface area contributed by atoms with Gasteiger partial charge in [0.2, 0.25) is 5.88 Å². The Morgan fingerprint density at radius 2 is 2.18 bits per heavy atom. The van der Waals surface area contributed by atoms with Gasteiger partial charge in [0.25, 0.3) is 0 Å². The normalized spacial score (nSPS) is 10.1. The first kappa shape index (κ1) is 7.71. The molecule has 11 heavy (non-hydrogen) atoms. The molecule has 0 saturated carbocycles. The summed E-state index contributed by atoms with van der Waals surface area (Å²) in [6, 6.07) is 2.71. The van der Waals surface area contributed by atoms with Gasteiger partial charge in [0.05, 0.1) is 11.9 Å². The van der Waals surface area contributed by atoms with Crippen molar-refractivity contribution in [3.8, 4) is 5.88 Å². The quantitative estimate of drug-likeness (QED) is 0.708. The second-order valence-electron chi connectivity index (χ2n) is 1.81. The average Bonchev–Trinajstić information content (AvgIpc) is 1.93. The lowest BCUT2D eigenvalue weighted by molar-refractivity contribution is -0.0528. The summed E-state index contributed by atoms with van der Waals surface area (Å²) in [6.45, 7) is -2.84. The van der Waals surface area contributed by atoms with E-state index in [0.717, 1.165) is 0 Å². The minimum Gasteiger partial charge on any atom is -0.417 e. The van der Waals surface area contributed by atoms with Crippen molar-refractivity contribution >= 4 is 5.69 Å². The predicted octanol–water partition coefficient (Wildman–Crippen LogP) is 1.27. The average molecular weight is 160 g/mol. The van der Waals surface area contributed by atoms with E-state index < -0.39 is 6.61 Å². The van der Waals surface area contributed by atoms with Crippen LogP contribution in [-0.4, -0.2) is 11.6 Å². The van der Waals surface area contributed by atoms with Gasteiger partial charge in [0, 0.05) is 6.07 Å². The lowest BCUT2D eigenvalue weighted by atomic mass is 10.4. The highest BCUT2D eigenvalue weighted by molar-refractivity contribution is 5.35. The molecule has 2 N–H and O–H groups in total. The fourth-order valence-electron chi connectivity index (χ4n) is 0.553. The first-order valence-electron chi connectivity index (χ1n) is 2.85. The molecule has 0 fully saturated rings. The molecular weight excluding hydrogens is 154 g/mol. The Morgan fingerprint density at radius 1 is 1.45 bits per heavy atom. The third kappa shape index (κ3) is 2.37. The van der Waals surface area contributed by atoms with E-state index in [1.54, 1.807) is 0 Å². The van der Waals surface area contributed by atoms with Crippen LogP contribution in [0.25, 0.3) is 0 Å². The van der Waals surface area contributed by atoms with Crippen molar-refractivity contribution in [1.29, 1.82) is 0 Å². The van der Waals surface area contributed by atoms with E-state index in [9.17, 15) is 8.78 Å². The number of rotatable bonds is 2. The zero-order chi connectivity index (χ0) is 8.27. The second kappa shape index (κ2) is 3.14. The fourth-order valence-corrected chi connectivity index (χ4v) is 0.553. The number of halogens is 2. The maximum Gasteiger partial charge on any atom is 0.388 e. The van der Waals surface area contributed by atoms with E-state index in [4.69, 9.17) is 5.73 Å². The zero-order valence-electron chi connectivity index (χ0n) is 5.50. The Labute approximate surface area is 61.8 Å². The maximum atomic E-state index is 11.5. The van der Waals surface area contributed by atoms with Crippen molar-refractivity contribution in [1.82, 2.24) is 4.98 Å². The highest BCUT2D eigenvalue weighted by Gasteiger charge is 2.03.